The number of ether oxygens (including phenoxy) is 1. The summed E-state index contributed by atoms with van der Waals surface area (Å²) in [5.41, 5.74) is 2.61. The van der Waals surface area contributed by atoms with Crippen molar-refractivity contribution in [3.05, 3.63) is 35.4 Å². The van der Waals surface area contributed by atoms with E-state index in [-0.39, 0.29) is 18.6 Å². The van der Waals surface area contributed by atoms with Gasteiger partial charge in [0.05, 0.1) is 6.04 Å². The first kappa shape index (κ1) is 11.1. The third kappa shape index (κ3) is 2.42. The molecule has 1 aliphatic carbocycles. The summed E-state index contributed by atoms with van der Waals surface area (Å²) >= 11 is 0. The van der Waals surface area contributed by atoms with Crippen molar-refractivity contribution < 1.29 is 9.53 Å². The number of carbonyl (C=O) groups excluding carboxylic acids is 1. The van der Waals surface area contributed by atoms with E-state index in [1.165, 1.54) is 11.1 Å². The zero-order valence-corrected chi connectivity index (χ0v) is 9.53. The molecule has 3 heteroatoms. The average Bonchev–Trinajstić information content (AvgIpc) is 2.70. The number of benzene rings is 1. The molecule has 0 spiro atoms. The van der Waals surface area contributed by atoms with Gasteiger partial charge in [0.25, 0.3) is 0 Å². The Morgan fingerprint density at radius 2 is 2.31 bits per heavy atom. The first-order valence-electron chi connectivity index (χ1n) is 5.76. The van der Waals surface area contributed by atoms with Gasteiger partial charge in [0, 0.05) is 6.61 Å². The van der Waals surface area contributed by atoms with E-state index in [4.69, 9.17) is 4.74 Å². The van der Waals surface area contributed by atoms with E-state index < -0.39 is 0 Å². The lowest BCUT2D eigenvalue weighted by Gasteiger charge is -2.13. The summed E-state index contributed by atoms with van der Waals surface area (Å²) < 4.78 is 5.08. The highest BCUT2D eigenvalue weighted by atomic mass is 16.5. The van der Waals surface area contributed by atoms with Crippen LogP contribution in [0.1, 0.15) is 30.5 Å². The van der Waals surface area contributed by atoms with Crippen molar-refractivity contribution in [2.24, 2.45) is 0 Å². The molecular weight excluding hydrogens is 202 g/mol. The van der Waals surface area contributed by atoms with Crippen molar-refractivity contribution in [3.63, 3.8) is 0 Å². The first-order valence-corrected chi connectivity index (χ1v) is 5.76. The fourth-order valence-corrected chi connectivity index (χ4v) is 2.14. The minimum Gasteiger partial charge on any atom is -0.372 e. The smallest absolute Gasteiger partial charge is 0.246 e. The Morgan fingerprint density at radius 1 is 1.50 bits per heavy atom. The zero-order valence-electron chi connectivity index (χ0n) is 9.53. The third-order valence-electron chi connectivity index (χ3n) is 2.91. The summed E-state index contributed by atoms with van der Waals surface area (Å²) in [7, 11) is 0. The molecule has 16 heavy (non-hydrogen) atoms. The minimum absolute atomic E-state index is 0.0245. The Balaban J connectivity index is 1.95. The Bertz CT molecular complexity index is 376. The van der Waals surface area contributed by atoms with Gasteiger partial charge in [-0.1, -0.05) is 24.3 Å². The quantitative estimate of drug-likeness (QED) is 0.839. The largest absolute Gasteiger partial charge is 0.372 e. The number of fused-ring (bicyclic) bond motifs is 1. The van der Waals surface area contributed by atoms with Crippen molar-refractivity contribution in [1.82, 2.24) is 5.32 Å². The van der Waals surface area contributed by atoms with Crippen molar-refractivity contribution in [1.29, 1.82) is 0 Å². The predicted octanol–water partition coefficient (Wildman–Crippen LogP) is 1.83. The molecule has 0 unspecified atom stereocenters. The van der Waals surface area contributed by atoms with Crippen molar-refractivity contribution in [2.75, 3.05) is 13.2 Å². The van der Waals surface area contributed by atoms with Gasteiger partial charge in [-0.05, 0) is 30.9 Å². The molecule has 0 heterocycles. The molecule has 2 rings (SSSR count). The molecule has 1 N–H and O–H groups in total. The van der Waals surface area contributed by atoms with E-state index in [9.17, 15) is 4.79 Å². The molecule has 1 amide bonds. The fourth-order valence-electron chi connectivity index (χ4n) is 2.14. The maximum absolute atomic E-state index is 11.5. The molecule has 0 fully saturated rings. The summed E-state index contributed by atoms with van der Waals surface area (Å²) in [6.45, 7) is 2.63. The topological polar surface area (TPSA) is 38.3 Å². The van der Waals surface area contributed by atoms with Crippen LogP contribution in [0.5, 0.6) is 0 Å². The number of hydrogen-bond acceptors (Lipinski definition) is 2. The van der Waals surface area contributed by atoms with Gasteiger partial charge >= 0.3 is 0 Å². The molecule has 1 atom stereocenters. The van der Waals surface area contributed by atoms with Crippen LogP contribution in [0, 0.1) is 0 Å². The fraction of sp³-hybridized carbons (Fsp3) is 0.462. The molecule has 0 aromatic heterocycles. The summed E-state index contributed by atoms with van der Waals surface area (Å²) in [4.78, 5) is 11.5. The lowest BCUT2D eigenvalue weighted by molar-refractivity contribution is -0.126. The van der Waals surface area contributed by atoms with Crippen LogP contribution >= 0.6 is 0 Å². The highest BCUT2D eigenvalue weighted by Gasteiger charge is 2.22. The number of hydrogen-bond donors (Lipinski definition) is 1. The average molecular weight is 219 g/mol. The van der Waals surface area contributed by atoms with Crippen molar-refractivity contribution in [3.8, 4) is 0 Å². The van der Waals surface area contributed by atoms with Gasteiger partial charge in [-0.3, -0.25) is 4.79 Å². The van der Waals surface area contributed by atoms with Crippen LogP contribution in [-0.4, -0.2) is 19.1 Å². The SMILES string of the molecule is CCOCC(=O)N[C@@H]1CCc2ccccc21. The Hall–Kier alpha value is -1.35. The molecule has 0 saturated carbocycles. The standard InChI is InChI=1S/C13H17NO2/c1-2-16-9-13(15)14-12-8-7-10-5-3-4-6-11(10)12/h3-6,12H,2,7-9H2,1H3,(H,14,15)/t12-/m1/s1. The van der Waals surface area contributed by atoms with Gasteiger partial charge in [-0.15, -0.1) is 0 Å². The monoisotopic (exact) mass is 219 g/mol. The van der Waals surface area contributed by atoms with E-state index in [2.05, 4.69) is 17.4 Å². The number of aryl methyl sites for hydroxylation is 1. The predicted molar refractivity (Wildman–Crippen MR) is 62.1 cm³/mol. The lowest BCUT2D eigenvalue weighted by atomic mass is 10.1. The van der Waals surface area contributed by atoms with Crippen LogP contribution in [-0.2, 0) is 16.0 Å². The van der Waals surface area contributed by atoms with E-state index in [1.54, 1.807) is 0 Å². The molecule has 0 aliphatic heterocycles. The second kappa shape index (κ2) is 5.12. The number of carbonyl (C=O) groups is 1. The Kier molecular flexibility index (Phi) is 3.57. The van der Waals surface area contributed by atoms with Crippen LogP contribution in [0.25, 0.3) is 0 Å². The summed E-state index contributed by atoms with van der Waals surface area (Å²) in [6, 6.07) is 8.46. The van der Waals surface area contributed by atoms with Crippen LogP contribution in [0.4, 0.5) is 0 Å². The van der Waals surface area contributed by atoms with Crippen molar-refractivity contribution in [2.45, 2.75) is 25.8 Å². The summed E-state index contributed by atoms with van der Waals surface area (Å²) in [5.74, 6) is -0.0245. The highest BCUT2D eigenvalue weighted by Crippen LogP contribution is 2.30. The molecule has 0 bridgehead atoms. The van der Waals surface area contributed by atoms with Crippen LogP contribution in [0.2, 0.25) is 0 Å². The van der Waals surface area contributed by atoms with Crippen LogP contribution in [0.15, 0.2) is 24.3 Å². The normalized spacial score (nSPS) is 18.2. The number of nitrogens with one attached hydrogen (secondary N) is 1. The van der Waals surface area contributed by atoms with E-state index in [0.717, 1.165) is 12.8 Å². The second-order valence-electron chi connectivity index (χ2n) is 3.99. The van der Waals surface area contributed by atoms with Crippen molar-refractivity contribution >= 4 is 5.91 Å². The number of rotatable bonds is 4. The van der Waals surface area contributed by atoms with Gasteiger partial charge < -0.3 is 10.1 Å². The van der Waals surface area contributed by atoms with Crippen LogP contribution in [0.3, 0.4) is 0 Å². The molecule has 0 saturated heterocycles. The molecule has 3 nitrogen and oxygen atoms in total. The lowest BCUT2D eigenvalue weighted by Crippen LogP contribution is -2.30. The minimum atomic E-state index is -0.0245. The zero-order chi connectivity index (χ0) is 11.4. The second-order valence-corrected chi connectivity index (χ2v) is 3.99. The highest BCUT2D eigenvalue weighted by molar-refractivity contribution is 5.77. The molecule has 86 valence electrons. The Morgan fingerprint density at radius 3 is 3.12 bits per heavy atom. The van der Waals surface area contributed by atoms with Crippen LogP contribution < -0.4 is 5.32 Å². The maximum atomic E-state index is 11.5. The van der Waals surface area contributed by atoms with E-state index in [1.807, 2.05) is 19.1 Å². The first-order chi connectivity index (χ1) is 7.81. The summed E-state index contributed by atoms with van der Waals surface area (Å²) in [5, 5.41) is 3.01. The van der Waals surface area contributed by atoms with Gasteiger partial charge in [0.1, 0.15) is 6.61 Å². The van der Waals surface area contributed by atoms with E-state index in [0.29, 0.717) is 6.61 Å². The molecule has 1 aliphatic rings. The van der Waals surface area contributed by atoms with Gasteiger partial charge in [0.15, 0.2) is 0 Å². The molecule has 1 aromatic carbocycles. The maximum Gasteiger partial charge on any atom is 0.246 e. The van der Waals surface area contributed by atoms with Gasteiger partial charge in [0.2, 0.25) is 5.91 Å². The van der Waals surface area contributed by atoms with Gasteiger partial charge in [-0.2, -0.15) is 0 Å². The molecular formula is C13H17NO2. The molecule has 1 aromatic rings. The van der Waals surface area contributed by atoms with Gasteiger partial charge in [-0.25, -0.2) is 0 Å². The molecule has 0 radical (unpaired) electrons. The number of amides is 1. The van der Waals surface area contributed by atoms with E-state index >= 15 is 0 Å². The Labute approximate surface area is 95.8 Å². The third-order valence-corrected chi connectivity index (χ3v) is 2.91. The summed E-state index contributed by atoms with van der Waals surface area (Å²) in [6.07, 6.45) is 2.05.